The van der Waals surface area contributed by atoms with E-state index in [4.69, 9.17) is 10.5 Å². The van der Waals surface area contributed by atoms with Crippen molar-refractivity contribution in [2.24, 2.45) is 11.7 Å². The van der Waals surface area contributed by atoms with E-state index in [1.54, 1.807) is 7.11 Å². The molecular formula is C17H28N2O. The van der Waals surface area contributed by atoms with Crippen LogP contribution in [-0.2, 0) is 11.3 Å². The van der Waals surface area contributed by atoms with Crippen molar-refractivity contribution in [3.8, 4) is 0 Å². The SMILES string of the molecule is COCc1ccccc1C1C(CN)CCCN1C(C)C. The summed E-state index contributed by atoms with van der Waals surface area (Å²) in [4.78, 5) is 2.61. The standard InChI is InChI=1S/C17H28N2O/c1-13(2)19-10-6-8-14(11-18)17(19)16-9-5-4-7-15(16)12-20-3/h4-5,7,9,13-14,17H,6,8,10-12,18H2,1-3H3. The second-order valence-corrected chi connectivity index (χ2v) is 6.05. The molecule has 3 nitrogen and oxygen atoms in total. The van der Waals surface area contributed by atoms with Crippen LogP contribution in [-0.4, -0.2) is 31.1 Å². The Bertz CT molecular complexity index is 419. The van der Waals surface area contributed by atoms with E-state index in [9.17, 15) is 0 Å². The molecule has 1 aromatic rings. The van der Waals surface area contributed by atoms with E-state index in [0.717, 1.165) is 6.54 Å². The minimum atomic E-state index is 0.431. The number of benzene rings is 1. The molecule has 1 aromatic carbocycles. The van der Waals surface area contributed by atoms with Crippen LogP contribution in [0.15, 0.2) is 24.3 Å². The van der Waals surface area contributed by atoms with Gasteiger partial charge in [0.05, 0.1) is 6.61 Å². The summed E-state index contributed by atoms with van der Waals surface area (Å²) in [6.07, 6.45) is 2.48. The minimum Gasteiger partial charge on any atom is -0.380 e. The Balaban J connectivity index is 2.38. The van der Waals surface area contributed by atoms with Gasteiger partial charge in [0, 0.05) is 19.2 Å². The molecule has 112 valence electrons. The molecule has 0 amide bonds. The zero-order chi connectivity index (χ0) is 14.5. The maximum Gasteiger partial charge on any atom is 0.0716 e. The smallest absolute Gasteiger partial charge is 0.0716 e. The highest BCUT2D eigenvalue weighted by Crippen LogP contribution is 2.38. The summed E-state index contributed by atoms with van der Waals surface area (Å²) in [6.45, 7) is 7.17. The molecule has 2 rings (SSSR count). The van der Waals surface area contributed by atoms with Gasteiger partial charge < -0.3 is 10.5 Å². The molecule has 2 atom stereocenters. The molecule has 0 aliphatic carbocycles. The highest BCUT2D eigenvalue weighted by Gasteiger charge is 2.34. The number of nitrogens with two attached hydrogens (primary N) is 1. The lowest BCUT2D eigenvalue weighted by Crippen LogP contribution is -2.45. The molecule has 0 spiro atoms. The molecule has 3 heteroatoms. The van der Waals surface area contributed by atoms with Crippen molar-refractivity contribution in [1.29, 1.82) is 0 Å². The summed E-state index contributed by atoms with van der Waals surface area (Å²) in [6, 6.07) is 9.64. The molecule has 0 bridgehead atoms. The second kappa shape index (κ2) is 7.21. The number of methoxy groups -OCH3 is 1. The lowest BCUT2D eigenvalue weighted by Gasteiger charge is -2.44. The minimum absolute atomic E-state index is 0.431. The van der Waals surface area contributed by atoms with Gasteiger partial charge in [-0.2, -0.15) is 0 Å². The Morgan fingerprint density at radius 2 is 2.10 bits per heavy atom. The Kier molecular flexibility index (Phi) is 5.58. The van der Waals surface area contributed by atoms with E-state index in [1.165, 1.54) is 30.5 Å². The molecular weight excluding hydrogens is 248 g/mol. The van der Waals surface area contributed by atoms with Gasteiger partial charge in [-0.1, -0.05) is 24.3 Å². The van der Waals surface area contributed by atoms with Crippen molar-refractivity contribution < 1.29 is 4.74 Å². The first-order valence-electron chi connectivity index (χ1n) is 7.71. The lowest BCUT2D eigenvalue weighted by molar-refractivity contribution is 0.0645. The van der Waals surface area contributed by atoms with Gasteiger partial charge in [0.15, 0.2) is 0 Å². The maximum atomic E-state index is 6.06. The molecule has 1 heterocycles. The van der Waals surface area contributed by atoms with E-state index in [-0.39, 0.29) is 0 Å². The molecule has 2 unspecified atom stereocenters. The summed E-state index contributed by atoms with van der Waals surface area (Å²) in [5.74, 6) is 0.546. The normalized spacial score (nSPS) is 24.2. The van der Waals surface area contributed by atoms with Crippen molar-refractivity contribution in [3.63, 3.8) is 0 Å². The van der Waals surface area contributed by atoms with Gasteiger partial charge in [0.1, 0.15) is 0 Å². The number of ether oxygens (including phenoxy) is 1. The van der Waals surface area contributed by atoms with Gasteiger partial charge in [-0.05, 0) is 56.8 Å². The largest absolute Gasteiger partial charge is 0.380 e. The third kappa shape index (κ3) is 3.22. The Hall–Kier alpha value is -0.900. The van der Waals surface area contributed by atoms with Gasteiger partial charge in [-0.3, -0.25) is 4.90 Å². The highest BCUT2D eigenvalue weighted by atomic mass is 16.5. The van der Waals surface area contributed by atoms with Crippen molar-refractivity contribution in [2.75, 3.05) is 20.2 Å². The van der Waals surface area contributed by atoms with Crippen LogP contribution in [0.1, 0.15) is 43.9 Å². The van der Waals surface area contributed by atoms with Crippen LogP contribution >= 0.6 is 0 Å². The van der Waals surface area contributed by atoms with Crippen LogP contribution in [0.2, 0.25) is 0 Å². The van der Waals surface area contributed by atoms with Crippen molar-refractivity contribution in [2.45, 2.75) is 45.4 Å². The van der Waals surface area contributed by atoms with Crippen LogP contribution in [0.3, 0.4) is 0 Å². The fourth-order valence-corrected chi connectivity index (χ4v) is 3.47. The molecule has 2 N–H and O–H groups in total. The molecule has 1 aliphatic heterocycles. The third-order valence-electron chi connectivity index (χ3n) is 4.43. The van der Waals surface area contributed by atoms with Gasteiger partial charge in [0.2, 0.25) is 0 Å². The summed E-state index contributed by atoms with van der Waals surface area (Å²) in [7, 11) is 1.76. The molecule has 0 aromatic heterocycles. The van der Waals surface area contributed by atoms with Gasteiger partial charge in [-0.25, -0.2) is 0 Å². The van der Waals surface area contributed by atoms with Crippen LogP contribution in [0.4, 0.5) is 0 Å². The number of hydrogen-bond donors (Lipinski definition) is 1. The monoisotopic (exact) mass is 276 g/mol. The van der Waals surface area contributed by atoms with Crippen molar-refractivity contribution >= 4 is 0 Å². The average Bonchev–Trinajstić information content (AvgIpc) is 2.47. The van der Waals surface area contributed by atoms with Crippen molar-refractivity contribution in [1.82, 2.24) is 4.90 Å². The summed E-state index contributed by atoms with van der Waals surface area (Å²) in [5.41, 5.74) is 8.76. The predicted molar refractivity (Wildman–Crippen MR) is 83.5 cm³/mol. The molecule has 1 aliphatic rings. The summed E-state index contributed by atoms with van der Waals surface area (Å²) in [5, 5.41) is 0. The maximum absolute atomic E-state index is 6.06. The van der Waals surface area contributed by atoms with E-state index in [0.29, 0.717) is 24.6 Å². The Morgan fingerprint density at radius 3 is 2.75 bits per heavy atom. The van der Waals surface area contributed by atoms with E-state index < -0.39 is 0 Å². The first-order valence-corrected chi connectivity index (χ1v) is 7.71. The molecule has 1 fully saturated rings. The van der Waals surface area contributed by atoms with Crippen LogP contribution in [0.5, 0.6) is 0 Å². The Labute approximate surface area is 123 Å². The zero-order valence-electron chi connectivity index (χ0n) is 13.0. The third-order valence-corrected chi connectivity index (χ3v) is 4.43. The van der Waals surface area contributed by atoms with E-state index in [2.05, 4.69) is 43.0 Å². The number of piperidine rings is 1. The number of hydrogen-bond acceptors (Lipinski definition) is 3. The average molecular weight is 276 g/mol. The molecule has 0 saturated carbocycles. The second-order valence-electron chi connectivity index (χ2n) is 6.05. The lowest BCUT2D eigenvalue weighted by atomic mass is 9.82. The number of rotatable bonds is 5. The highest BCUT2D eigenvalue weighted by molar-refractivity contribution is 5.31. The van der Waals surface area contributed by atoms with Gasteiger partial charge in [-0.15, -0.1) is 0 Å². The Morgan fingerprint density at radius 1 is 1.35 bits per heavy atom. The van der Waals surface area contributed by atoms with Gasteiger partial charge >= 0.3 is 0 Å². The molecule has 1 saturated heterocycles. The fourth-order valence-electron chi connectivity index (χ4n) is 3.47. The zero-order valence-corrected chi connectivity index (χ0v) is 13.0. The fraction of sp³-hybridized carbons (Fsp3) is 0.647. The molecule has 20 heavy (non-hydrogen) atoms. The van der Waals surface area contributed by atoms with Gasteiger partial charge in [0.25, 0.3) is 0 Å². The van der Waals surface area contributed by atoms with Crippen LogP contribution < -0.4 is 5.73 Å². The first kappa shape index (κ1) is 15.5. The molecule has 0 radical (unpaired) electrons. The number of likely N-dealkylation sites (tertiary alicyclic amines) is 1. The predicted octanol–water partition coefficient (Wildman–Crippen LogP) is 2.95. The van der Waals surface area contributed by atoms with Crippen molar-refractivity contribution in [3.05, 3.63) is 35.4 Å². The van der Waals surface area contributed by atoms with E-state index in [1.807, 2.05) is 0 Å². The number of nitrogens with zero attached hydrogens (tertiary/aromatic N) is 1. The first-order chi connectivity index (χ1) is 9.69. The summed E-state index contributed by atoms with van der Waals surface area (Å²) >= 11 is 0. The summed E-state index contributed by atoms with van der Waals surface area (Å²) < 4.78 is 5.37. The van der Waals surface area contributed by atoms with E-state index >= 15 is 0 Å². The van der Waals surface area contributed by atoms with Crippen LogP contribution in [0, 0.1) is 5.92 Å². The van der Waals surface area contributed by atoms with Crippen LogP contribution in [0.25, 0.3) is 0 Å². The quantitative estimate of drug-likeness (QED) is 0.898. The topological polar surface area (TPSA) is 38.5 Å².